The molecule has 1 aliphatic rings. The summed E-state index contributed by atoms with van der Waals surface area (Å²) < 4.78 is 0. The molecular weight excluding hydrogens is 218 g/mol. The number of hydrazine groups is 1. The molecule has 0 spiro atoms. The number of anilines is 1. The van der Waals surface area contributed by atoms with E-state index < -0.39 is 6.04 Å². The van der Waals surface area contributed by atoms with Gasteiger partial charge in [-0.05, 0) is 24.1 Å². The first kappa shape index (κ1) is 11.6. The van der Waals surface area contributed by atoms with E-state index in [0.717, 1.165) is 12.1 Å². The normalized spacial score (nSPS) is 18.9. The molecule has 0 aliphatic carbocycles. The zero-order valence-corrected chi connectivity index (χ0v) is 9.62. The molecule has 5 nitrogen and oxygen atoms in total. The Balaban J connectivity index is 1.95. The molecule has 1 fully saturated rings. The van der Waals surface area contributed by atoms with Crippen LogP contribution >= 0.6 is 0 Å². The summed E-state index contributed by atoms with van der Waals surface area (Å²) in [6.45, 7) is 2.08. The maximum Gasteiger partial charge on any atom is 0.243 e. The first-order valence-corrected chi connectivity index (χ1v) is 5.63. The Hall–Kier alpha value is -1.88. The summed E-state index contributed by atoms with van der Waals surface area (Å²) in [4.78, 5) is 22.7. The summed E-state index contributed by atoms with van der Waals surface area (Å²) in [7, 11) is 0. The molecule has 1 saturated heterocycles. The second-order valence-corrected chi connectivity index (χ2v) is 3.99. The van der Waals surface area contributed by atoms with Crippen LogP contribution in [0.3, 0.4) is 0 Å². The molecular formula is C12H15N3O2. The molecule has 0 saturated carbocycles. The molecule has 0 bridgehead atoms. The van der Waals surface area contributed by atoms with Gasteiger partial charge in [-0.25, -0.2) is 5.43 Å². The van der Waals surface area contributed by atoms with Crippen molar-refractivity contribution in [1.82, 2.24) is 10.9 Å². The van der Waals surface area contributed by atoms with Crippen molar-refractivity contribution in [2.24, 2.45) is 0 Å². The van der Waals surface area contributed by atoms with Crippen molar-refractivity contribution in [2.75, 3.05) is 5.32 Å². The predicted octanol–water partition coefficient (Wildman–Crippen LogP) is 0.581. The molecule has 0 radical (unpaired) electrons. The van der Waals surface area contributed by atoms with E-state index in [-0.39, 0.29) is 18.2 Å². The van der Waals surface area contributed by atoms with Crippen LogP contribution in [0, 0.1) is 0 Å². The Labute approximate surface area is 99.6 Å². The average Bonchev–Trinajstić information content (AvgIpc) is 2.77. The third-order valence-corrected chi connectivity index (χ3v) is 2.72. The standard InChI is InChI=1S/C12H15N3O2/c1-2-8-3-5-9(6-4-8)13-12(17)10-7-11(16)15-14-10/h3-6,10,14H,2,7H2,1H3,(H,13,17)(H,15,16). The van der Waals surface area contributed by atoms with E-state index in [2.05, 4.69) is 23.1 Å². The number of nitrogens with one attached hydrogen (secondary N) is 3. The van der Waals surface area contributed by atoms with Crippen molar-refractivity contribution in [2.45, 2.75) is 25.8 Å². The van der Waals surface area contributed by atoms with E-state index in [9.17, 15) is 9.59 Å². The summed E-state index contributed by atoms with van der Waals surface area (Å²) in [6, 6.07) is 7.18. The summed E-state index contributed by atoms with van der Waals surface area (Å²) in [5, 5.41) is 2.76. The quantitative estimate of drug-likeness (QED) is 0.715. The van der Waals surface area contributed by atoms with Gasteiger partial charge in [-0.1, -0.05) is 19.1 Å². The lowest BCUT2D eigenvalue weighted by Crippen LogP contribution is -2.39. The van der Waals surface area contributed by atoms with Gasteiger partial charge in [0, 0.05) is 5.69 Å². The number of aryl methyl sites for hydroxylation is 1. The SMILES string of the molecule is CCc1ccc(NC(=O)C2CC(=O)NN2)cc1. The van der Waals surface area contributed by atoms with Crippen LogP contribution in [0.2, 0.25) is 0 Å². The summed E-state index contributed by atoms with van der Waals surface area (Å²) in [5.74, 6) is -0.362. The number of benzene rings is 1. The average molecular weight is 233 g/mol. The highest BCUT2D eigenvalue weighted by molar-refractivity contribution is 5.98. The highest BCUT2D eigenvalue weighted by atomic mass is 16.2. The zero-order chi connectivity index (χ0) is 12.3. The third-order valence-electron chi connectivity index (χ3n) is 2.72. The van der Waals surface area contributed by atoms with E-state index in [4.69, 9.17) is 0 Å². The van der Waals surface area contributed by atoms with Crippen LogP contribution in [0.5, 0.6) is 0 Å². The Bertz CT molecular complexity index is 428. The minimum atomic E-state index is -0.492. The Morgan fingerprint density at radius 3 is 2.65 bits per heavy atom. The van der Waals surface area contributed by atoms with Crippen LogP contribution in [0.4, 0.5) is 5.69 Å². The molecule has 1 heterocycles. The highest BCUT2D eigenvalue weighted by Crippen LogP contribution is 2.11. The lowest BCUT2D eigenvalue weighted by Gasteiger charge is -2.10. The fourth-order valence-corrected chi connectivity index (χ4v) is 1.67. The van der Waals surface area contributed by atoms with E-state index in [0.29, 0.717) is 0 Å². The van der Waals surface area contributed by atoms with Gasteiger partial charge in [-0.2, -0.15) is 0 Å². The highest BCUT2D eigenvalue weighted by Gasteiger charge is 2.27. The minimum Gasteiger partial charge on any atom is -0.325 e. The number of rotatable bonds is 3. The molecule has 0 aromatic heterocycles. The van der Waals surface area contributed by atoms with E-state index in [1.165, 1.54) is 5.56 Å². The van der Waals surface area contributed by atoms with Gasteiger partial charge in [0.15, 0.2) is 0 Å². The first-order valence-electron chi connectivity index (χ1n) is 5.63. The Morgan fingerprint density at radius 2 is 2.12 bits per heavy atom. The molecule has 1 aliphatic heterocycles. The van der Waals surface area contributed by atoms with E-state index in [1.807, 2.05) is 24.3 Å². The van der Waals surface area contributed by atoms with Gasteiger partial charge in [-0.15, -0.1) is 0 Å². The molecule has 5 heteroatoms. The third kappa shape index (κ3) is 2.82. The van der Waals surface area contributed by atoms with Crippen LogP contribution in [0.15, 0.2) is 24.3 Å². The Morgan fingerprint density at radius 1 is 1.41 bits per heavy atom. The van der Waals surface area contributed by atoms with Gasteiger partial charge in [0.05, 0.1) is 6.42 Å². The van der Waals surface area contributed by atoms with Crippen molar-refractivity contribution < 1.29 is 9.59 Å². The number of hydrogen-bond acceptors (Lipinski definition) is 3. The lowest BCUT2D eigenvalue weighted by atomic mass is 10.1. The smallest absolute Gasteiger partial charge is 0.243 e. The first-order chi connectivity index (χ1) is 8.19. The van der Waals surface area contributed by atoms with Gasteiger partial charge in [0.1, 0.15) is 6.04 Å². The number of amides is 2. The van der Waals surface area contributed by atoms with Gasteiger partial charge in [-0.3, -0.25) is 15.0 Å². The van der Waals surface area contributed by atoms with Crippen molar-refractivity contribution in [3.05, 3.63) is 29.8 Å². The summed E-state index contributed by atoms with van der Waals surface area (Å²) in [5.41, 5.74) is 7.01. The maximum absolute atomic E-state index is 11.7. The van der Waals surface area contributed by atoms with Crippen molar-refractivity contribution >= 4 is 17.5 Å². The topological polar surface area (TPSA) is 70.2 Å². The molecule has 1 aromatic rings. The van der Waals surface area contributed by atoms with Crippen LogP contribution < -0.4 is 16.2 Å². The lowest BCUT2D eigenvalue weighted by molar-refractivity contribution is -0.121. The number of hydrogen-bond donors (Lipinski definition) is 3. The van der Waals surface area contributed by atoms with Crippen molar-refractivity contribution in [3.63, 3.8) is 0 Å². The Kier molecular flexibility index (Phi) is 3.39. The maximum atomic E-state index is 11.7. The predicted molar refractivity (Wildman–Crippen MR) is 64.1 cm³/mol. The fraction of sp³-hybridized carbons (Fsp3) is 0.333. The largest absolute Gasteiger partial charge is 0.325 e. The molecule has 17 heavy (non-hydrogen) atoms. The monoisotopic (exact) mass is 233 g/mol. The number of carbonyl (C=O) groups is 2. The molecule has 2 rings (SSSR count). The second kappa shape index (κ2) is 4.97. The van der Waals surface area contributed by atoms with Crippen LogP contribution in [-0.4, -0.2) is 17.9 Å². The van der Waals surface area contributed by atoms with Crippen molar-refractivity contribution in [1.29, 1.82) is 0 Å². The molecule has 3 N–H and O–H groups in total. The molecule has 2 amide bonds. The zero-order valence-electron chi connectivity index (χ0n) is 9.62. The summed E-state index contributed by atoms with van der Waals surface area (Å²) >= 11 is 0. The van der Waals surface area contributed by atoms with Gasteiger partial charge in [0.2, 0.25) is 11.8 Å². The van der Waals surface area contributed by atoms with Gasteiger partial charge < -0.3 is 5.32 Å². The molecule has 90 valence electrons. The van der Waals surface area contributed by atoms with Crippen LogP contribution in [0.25, 0.3) is 0 Å². The summed E-state index contributed by atoms with van der Waals surface area (Å²) in [6.07, 6.45) is 1.15. The van der Waals surface area contributed by atoms with Crippen LogP contribution in [-0.2, 0) is 16.0 Å². The fourth-order valence-electron chi connectivity index (χ4n) is 1.67. The minimum absolute atomic E-state index is 0.161. The molecule has 1 unspecified atom stereocenters. The van der Waals surface area contributed by atoms with E-state index >= 15 is 0 Å². The molecule has 1 atom stereocenters. The van der Waals surface area contributed by atoms with E-state index in [1.54, 1.807) is 0 Å². The molecule has 1 aromatic carbocycles. The van der Waals surface area contributed by atoms with Crippen molar-refractivity contribution in [3.8, 4) is 0 Å². The van der Waals surface area contributed by atoms with Gasteiger partial charge >= 0.3 is 0 Å². The van der Waals surface area contributed by atoms with Crippen LogP contribution in [0.1, 0.15) is 18.9 Å². The van der Waals surface area contributed by atoms with Gasteiger partial charge in [0.25, 0.3) is 0 Å². The number of carbonyl (C=O) groups excluding carboxylic acids is 2. The second-order valence-electron chi connectivity index (χ2n) is 3.99.